The van der Waals surface area contributed by atoms with E-state index in [1.807, 2.05) is 0 Å². The van der Waals surface area contributed by atoms with Crippen LogP contribution in [0.25, 0.3) is 0 Å². The van der Waals surface area contributed by atoms with Crippen molar-refractivity contribution in [1.29, 1.82) is 0 Å². The number of esters is 1. The maximum atomic E-state index is 11.7. The number of unbranched alkanes of at least 4 members (excludes halogenated alkanes) is 2. The minimum absolute atomic E-state index is 0.0383. The monoisotopic (exact) mass is 296 g/mol. The second kappa shape index (κ2) is 6.66. The van der Waals surface area contributed by atoms with E-state index in [9.17, 15) is 4.79 Å². The van der Waals surface area contributed by atoms with Gasteiger partial charge in [-0.05, 0) is 25.7 Å². The van der Waals surface area contributed by atoms with Crippen LogP contribution in [0.4, 0.5) is 0 Å². The van der Waals surface area contributed by atoms with Crippen molar-refractivity contribution < 1.29 is 19.0 Å². The Hall–Kier alpha value is -0.610. The van der Waals surface area contributed by atoms with Gasteiger partial charge < -0.3 is 14.2 Å². The highest BCUT2D eigenvalue weighted by Crippen LogP contribution is 2.42. The van der Waals surface area contributed by atoms with Crippen LogP contribution in [-0.2, 0) is 19.0 Å². The Morgan fingerprint density at radius 2 is 2.00 bits per heavy atom. The van der Waals surface area contributed by atoms with Gasteiger partial charge in [0.05, 0.1) is 19.1 Å². The molecule has 0 aromatic rings. The lowest BCUT2D eigenvalue weighted by molar-refractivity contribution is -0.193. The summed E-state index contributed by atoms with van der Waals surface area (Å²) in [6.45, 7) is 2.82. The number of hydrogen-bond donors (Lipinski definition) is 0. The van der Waals surface area contributed by atoms with Gasteiger partial charge in [0.2, 0.25) is 0 Å². The molecule has 2 heterocycles. The van der Waals surface area contributed by atoms with E-state index in [-0.39, 0.29) is 29.9 Å². The lowest BCUT2D eigenvalue weighted by atomic mass is 9.91. The van der Waals surface area contributed by atoms with Crippen molar-refractivity contribution in [2.45, 2.75) is 89.1 Å². The summed E-state index contributed by atoms with van der Waals surface area (Å²) in [4.78, 5) is 11.7. The molecule has 0 amide bonds. The molecule has 3 fully saturated rings. The summed E-state index contributed by atoms with van der Waals surface area (Å²) >= 11 is 0. The molecular formula is C17H28O4. The summed E-state index contributed by atoms with van der Waals surface area (Å²) in [5.74, 6) is -0.215. The molecule has 2 saturated heterocycles. The fourth-order valence-corrected chi connectivity index (χ4v) is 4.01. The van der Waals surface area contributed by atoms with Crippen molar-refractivity contribution in [3.8, 4) is 0 Å². The largest absolute Gasteiger partial charge is 0.462 e. The van der Waals surface area contributed by atoms with Gasteiger partial charge in [-0.3, -0.25) is 4.79 Å². The molecule has 0 unspecified atom stereocenters. The Kier molecular flexibility index (Phi) is 4.85. The van der Waals surface area contributed by atoms with Crippen LogP contribution >= 0.6 is 0 Å². The first-order valence-corrected chi connectivity index (χ1v) is 8.74. The Bertz CT molecular complexity index is 362. The highest BCUT2D eigenvalue weighted by Gasteiger charge is 2.49. The Morgan fingerprint density at radius 3 is 2.76 bits per heavy atom. The van der Waals surface area contributed by atoms with Crippen LogP contribution in [0.15, 0.2) is 0 Å². The van der Waals surface area contributed by atoms with Gasteiger partial charge in [-0.25, -0.2) is 0 Å². The van der Waals surface area contributed by atoms with Gasteiger partial charge in [-0.1, -0.05) is 26.2 Å². The second-order valence-corrected chi connectivity index (χ2v) is 6.83. The van der Waals surface area contributed by atoms with Crippen LogP contribution in [-0.4, -0.2) is 30.6 Å². The minimum atomic E-state index is -0.345. The average Bonchev–Trinajstić information content (AvgIpc) is 3.04. The van der Waals surface area contributed by atoms with E-state index in [1.165, 1.54) is 32.1 Å². The van der Waals surface area contributed by atoms with Gasteiger partial charge >= 0.3 is 5.97 Å². The third-order valence-corrected chi connectivity index (χ3v) is 5.22. The fraction of sp³-hybridized carbons (Fsp3) is 0.941. The van der Waals surface area contributed by atoms with Crippen LogP contribution in [0.2, 0.25) is 0 Å². The zero-order valence-electron chi connectivity index (χ0n) is 13.1. The second-order valence-electron chi connectivity index (χ2n) is 6.83. The smallest absolute Gasteiger partial charge is 0.306 e. The molecule has 2 aliphatic heterocycles. The van der Waals surface area contributed by atoms with Gasteiger partial charge in [-0.2, -0.15) is 0 Å². The van der Waals surface area contributed by atoms with E-state index >= 15 is 0 Å². The molecule has 4 heteroatoms. The molecule has 0 N–H and O–H groups in total. The normalized spacial score (nSPS) is 35.3. The van der Waals surface area contributed by atoms with E-state index in [0.29, 0.717) is 13.0 Å². The van der Waals surface area contributed by atoms with Crippen molar-refractivity contribution in [2.75, 3.05) is 6.61 Å². The van der Waals surface area contributed by atoms with Crippen LogP contribution in [0, 0.1) is 5.92 Å². The zero-order valence-corrected chi connectivity index (χ0v) is 13.1. The molecule has 120 valence electrons. The molecule has 3 atom stereocenters. The number of ether oxygens (including phenoxy) is 3. The van der Waals surface area contributed by atoms with Crippen LogP contribution < -0.4 is 0 Å². The molecule has 3 aliphatic rings. The molecule has 3 rings (SSSR count). The van der Waals surface area contributed by atoms with Gasteiger partial charge in [0.1, 0.15) is 6.10 Å². The van der Waals surface area contributed by atoms with Gasteiger partial charge in [0.25, 0.3) is 0 Å². The van der Waals surface area contributed by atoms with Gasteiger partial charge in [0, 0.05) is 18.8 Å². The lowest BCUT2D eigenvalue weighted by Crippen LogP contribution is -2.36. The first-order chi connectivity index (χ1) is 10.2. The van der Waals surface area contributed by atoms with Crippen molar-refractivity contribution in [1.82, 2.24) is 0 Å². The predicted octanol–water partition coefficient (Wildman–Crippen LogP) is 3.57. The summed E-state index contributed by atoms with van der Waals surface area (Å²) in [7, 11) is 0. The molecule has 0 aromatic heterocycles. The third kappa shape index (κ3) is 3.42. The molecular weight excluding hydrogens is 268 g/mol. The van der Waals surface area contributed by atoms with E-state index < -0.39 is 0 Å². The molecule has 21 heavy (non-hydrogen) atoms. The summed E-state index contributed by atoms with van der Waals surface area (Å²) in [6, 6.07) is 0. The molecule has 1 saturated carbocycles. The number of hydrogen-bond acceptors (Lipinski definition) is 4. The average molecular weight is 296 g/mol. The van der Waals surface area contributed by atoms with Crippen LogP contribution in [0.5, 0.6) is 0 Å². The van der Waals surface area contributed by atoms with Crippen molar-refractivity contribution in [3.63, 3.8) is 0 Å². The standard InChI is InChI=1S/C17H28O4/c1-2-3-5-8-14-13(11-16(18)20-14)15-12-19-17(21-15)9-6-4-7-10-17/h13-15H,2-12H2,1H3/t13-,14+,15+/m0/s1. The molecule has 1 aliphatic carbocycles. The fourth-order valence-electron chi connectivity index (χ4n) is 4.01. The number of cyclic esters (lactones) is 1. The lowest BCUT2D eigenvalue weighted by Gasteiger charge is -2.32. The first kappa shape index (κ1) is 15.3. The van der Waals surface area contributed by atoms with Crippen molar-refractivity contribution >= 4 is 5.97 Å². The maximum Gasteiger partial charge on any atom is 0.306 e. The Labute approximate surface area is 127 Å². The minimum Gasteiger partial charge on any atom is -0.462 e. The van der Waals surface area contributed by atoms with Gasteiger partial charge in [-0.15, -0.1) is 0 Å². The van der Waals surface area contributed by atoms with E-state index in [4.69, 9.17) is 14.2 Å². The van der Waals surface area contributed by atoms with Crippen LogP contribution in [0.1, 0.15) is 71.1 Å². The number of rotatable bonds is 5. The molecule has 4 nitrogen and oxygen atoms in total. The quantitative estimate of drug-likeness (QED) is 0.574. The van der Waals surface area contributed by atoms with Crippen LogP contribution in [0.3, 0.4) is 0 Å². The highest BCUT2D eigenvalue weighted by atomic mass is 16.7. The summed E-state index contributed by atoms with van der Waals surface area (Å²) < 4.78 is 17.9. The van der Waals surface area contributed by atoms with Crippen molar-refractivity contribution in [3.05, 3.63) is 0 Å². The SMILES string of the molecule is CCCCC[C@H]1OC(=O)C[C@@H]1[C@H]1COC2(CCCCC2)O1. The Balaban J connectivity index is 1.58. The number of carbonyl (C=O) groups is 1. The third-order valence-electron chi connectivity index (χ3n) is 5.22. The Morgan fingerprint density at radius 1 is 1.19 bits per heavy atom. The maximum absolute atomic E-state index is 11.7. The van der Waals surface area contributed by atoms with E-state index in [2.05, 4.69) is 6.92 Å². The zero-order chi connectivity index (χ0) is 14.7. The molecule has 1 spiro atoms. The topological polar surface area (TPSA) is 44.8 Å². The predicted molar refractivity (Wildman–Crippen MR) is 78.8 cm³/mol. The molecule has 0 radical (unpaired) electrons. The summed E-state index contributed by atoms with van der Waals surface area (Å²) in [5.41, 5.74) is 0. The summed E-state index contributed by atoms with van der Waals surface area (Å²) in [5, 5.41) is 0. The molecule has 0 aromatic carbocycles. The number of carbonyl (C=O) groups excluding carboxylic acids is 1. The summed E-state index contributed by atoms with van der Waals surface area (Å²) in [6.07, 6.45) is 10.7. The highest BCUT2D eigenvalue weighted by molar-refractivity contribution is 5.72. The van der Waals surface area contributed by atoms with E-state index in [1.54, 1.807) is 0 Å². The van der Waals surface area contributed by atoms with E-state index in [0.717, 1.165) is 25.7 Å². The van der Waals surface area contributed by atoms with Crippen molar-refractivity contribution in [2.24, 2.45) is 5.92 Å². The first-order valence-electron chi connectivity index (χ1n) is 8.74. The van der Waals surface area contributed by atoms with Gasteiger partial charge in [0.15, 0.2) is 5.79 Å². The molecule has 0 bridgehead atoms.